The Morgan fingerprint density at radius 3 is 2.47 bits per heavy atom. The van der Waals surface area contributed by atoms with Crippen molar-refractivity contribution in [3.05, 3.63) is 18.2 Å². The number of hydrogen-bond donors (Lipinski definition) is 6. The van der Waals surface area contributed by atoms with Crippen molar-refractivity contribution >= 4 is 18.3 Å². The molecule has 36 heavy (non-hydrogen) atoms. The lowest BCUT2D eigenvalue weighted by Gasteiger charge is -2.44. The third-order valence-electron chi connectivity index (χ3n) is 7.49. The first kappa shape index (κ1) is 28.0. The minimum absolute atomic E-state index is 0.0239. The van der Waals surface area contributed by atoms with Gasteiger partial charge in [0.15, 0.2) is 0 Å². The highest BCUT2D eigenvalue weighted by molar-refractivity contribution is 5.92. The number of hydrogen-bond acceptors (Lipinski definition) is 9. The quantitative estimate of drug-likeness (QED) is 0.167. The van der Waals surface area contributed by atoms with Crippen LogP contribution >= 0.6 is 0 Å². The largest absolute Gasteiger partial charge is 0.446 e. The number of alkyl carbamates (subject to hydrolysis) is 1. The van der Waals surface area contributed by atoms with Crippen LogP contribution in [-0.2, 0) is 20.9 Å². The minimum Gasteiger partial charge on any atom is -0.446 e. The topological polar surface area (TPSA) is 177 Å². The van der Waals surface area contributed by atoms with E-state index in [1.165, 1.54) is 12.5 Å². The number of carbonyl (C=O) groups excluding carboxylic acids is 3. The van der Waals surface area contributed by atoms with Gasteiger partial charge in [-0.2, -0.15) is 5.48 Å². The van der Waals surface area contributed by atoms with E-state index in [4.69, 9.17) is 4.74 Å². The summed E-state index contributed by atoms with van der Waals surface area (Å²) >= 11 is 0. The van der Waals surface area contributed by atoms with E-state index in [2.05, 4.69) is 15.3 Å². The molecule has 2 atom stereocenters. The number of aromatic nitrogens is 2. The van der Waals surface area contributed by atoms with Gasteiger partial charge in [0.25, 0.3) is 5.91 Å². The molecule has 202 valence electrons. The van der Waals surface area contributed by atoms with Gasteiger partial charge in [-0.25, -0.2) is 9.78 Å². The van der Waals surface area contributed by atoms with E-state index < -0.39 is 36.4 Å². The number of aliphatic hydroxyl groups excluding tert-OH is 1. The van der Waals surface area contributed by atoms with Gasteiger partial charge >= 0.3 is 6.09 Å². The summed E-state index contributed by atoms with van der Waals surface area (Å²) in [6.45, 7) is -1.51. The molecule has 0 saturated heterocycles. The Labute approximate surface area is 210 Å². The molecule has 12 heteroatoms. The molecule has 0 spiro atoms. The number of aldehydes is 1. The fourth-order valence-corrected chi connectivity index (χ4v) is 5.37. The molecule has 12 nitrogen and oxygen atoms in total. The number of amides is 2. The van der Waals surface area contributed by atoms with Gasteiger partial charge in [0.05, 0.1) is 25.2 Å². The van der Waals surface area contributed by atoms with Crippen LogP contribution in [0.2, 0.25) is 0 Å². The second-order valence-corrected chi connectivity index (χ2v) is 10.00. The molecule has 1 aromatic rings. The standard InChI is InChI=1S/C24H39N5O7/c30-11-10-29(14-20-13-25-17-26-20)21(32)24(34,16-36-22(33)27-19-8-2-1-3-9-19)23(15-31,28-35)12-18-6-4-5-7-18/h13,15,17-19,28,30,34-35H,1-12,14,16H2,(H,25,26)(H,27,33)/t23-,24-/m0/s1. The maximum atomic E-state index is 13.8. The molecular weight excluding hydrogens is 470 g/mol. The van der Waals surface area contributed by atoms with Crippen LogP contribution < -0.4 is 10.8 Å². The number of nitrogens with zero attached hydrogens (tertiary/aromatic N) is 2. The van der Waals surface area contributed by atoms with Crippen LogP contribution in [0.4, 0.5) is 4.79 Å². The summed E-state index contributed by atoms with van der Waals surface area (Å²) < 4.78 is 5.33. The van der Waals surface area contributed by atoms with Crippen LogP contribution in [0.15, 0.2) is 12.5 Å². The molecule has 2 aliphatic rings. The molecule has 2 saturated carbocycles. The first-order valence-corrected chi connectivity index (χ1v) is 12.8. The summed E-state index contributed by atoms with van der Waals surface area (Å²) in [5.41, 5.74) is -2.34. The van der Waals surface area contributed by atoms with Crippen molar-refractivity contribution in [2.24, 2.45) is 5.92 Å². The highest BCUT2D eigenvalue weighted by atomic mass is 16.6. The van der Waals surface area contributed by atoms with Gasteiger partial charge in [0.1, 0.15) is 18.4 Å². The number of aromatic amines is 1. The molecule has 3 rings (SSSR count). The normalized spacial score (nSPS) is 20.3. The fourth-order valence-electron chi connectivity index (χ4n) is 5.37. The van der Waals surface area contributed by atoms with Crippen molar-refractivity contribution in [2.75, 3.05) is 19.8 Å². The van der Waals surface area contributed by atoms with E-state index in [0.717, 1.165) is 62.7 Å². The molecule has 2 fully saturated rings. The van der Waals surface area contributed by atoms with Gasteiger partial charge in [0, 0.05) is 18.8 Å². The van der Waals surface area contributed by atoms with E-state index in [1.807, 2.05) is 5.48 Å². The Kier molecular flexibility index (Phi) is 10.2. The molecule has 0 aromatic carbocycles. The summed E-state index contributed by atoms with van der Waals surface area (Å²) in [6.07, 6.45) is 10.5. The van der Waals surface area contributed by atoms with E-state index in [0.29, 0.717) is 12.0 Å². The SMILES string of the molecule is O=C[C@](CC1CCCC1)(NO)[C@](O)(COC(=O)NC1CCCCC1)C(=O)N(CCO)Cc1cnc[nH]1. The van der Waals surface area contributed by atoms with Crippen molar-refractivity contribution < 1.29 is 34.5 Å². The fraction of sp³-hybridized carbons (Fsp3) is 0.750. The molecule has 0 unspecified atom stereocenters. The molecule has 0 radical (unpaired) electrons. The third kappa shape index (κ3) is 6.61. The number of carbonyl (C=O) groups is 3. The number of rotatable bonds is 13. The average Bonchev–Trinajstić information content (AvgIpc) is 3.60. The van der Waals surface area contributed by atoms with Crippen LogP contribution in [0.5, 0.6) is 0 Å². The van der Waals surface area contributed by atoms with Gasteiger partial charge < -0.3 is 40.2 Å². The molecule has 0 aliphatic heterocycles. The molecule has 2 amide bonds. The molecule has 6 N–H and O–H groups in total. The lowest BCUT2D eigenvalue weighted by atomic mass is 9.74. The Balaban J connectivity index is 1.87. The molecule has 0 bridgehead atoms. The van der Waals surface area contributed by atoms with Crippen molar-refractivity contribution in [3.8, 4) is 0 Å². The maximum absolute atomic E-state index is 13.8. The number of H-pyrrole nitrogens is 1. The van der Waals surface area contributed by atoms with Crippen LogP contribution in [0, 0.1) is 5.92 Å². The third-order valence-corrected chi connectivity index (χ3v) is 7.49. The van der Waals surface area contributed by atoms with Gasteiger partial charge in [-0.05, 0) is 25.2 Å². The van der Waals surface area contributed by atoms with Crippen molar-refractivity contribution in [1.29, 1.82) is 0 Å². The first-order chi connectivity index (χ1) is 17.4. The monoisotopic (exact) mass is 509 g/mol. The number of ether oxygens (including phenoxy) is 1. The van der Waals surface area contributed by atoms with Gasteiger partial charge in [-0.3, -0.25) is 4.79 Å². The predicted molar refractivity (Wildman–Crippen MR) is 128 cm³/mol. The summed E-state index contributed by atoms with van der Waals surface area (Å²) in [7, 11) is 0. The summed E-state index contributed by atoms with van der Waals surface area (Å²) in [6, 6.07) is -0.0633. The van der Waals surface area contributed by atoms with Crippen molar-refractivity contribution in [3.63, 3.8) is 0 Å². The Morgan fingerprint density at radius 1 is 1.19 bits per heavy atom. The van der Waals surface area contributed by atoms with Crippen molar-refractivity contribution in [1.82, 2.24) is 25.7 Å². The summed E-state index contributed by atoms with van der Waals surface area (Å²) in [4.78, 5) is 46.8. The number of hydroxylamine groups is 1. The Hall–Kier alpha value is -2.54. The lowest BCUT2D eigenvalue weighted by molar-refractivity contribution is -0.181. The first-order valence-electron chi connectivity index (χ1n) is 12.8. The van der Waals surface area contributed by atoms with Crippen LogP contribution in [0.3, 0.4) is 0 Å². The smallest absolute Gasteiger partial charge is 0.407 e. The second-order valence-electron chi connectivity index (χ2n) is 10.00. The zero-order valence-electron chi connectivity index (χ0n) is 20.7. The number of nitrogens with one attached hydrogen (secondary N) is 3. The van der Waals surface area contributed by atoms with Crippen LogP contribution in [-0.4, -0.2) is 85.5 Å². The molecule has 2 aliphatic carbocycles. The molecule has 1 aromatic heterocycles. The van der Waals surface area contributed by atoms with E-state index in [1.54, 1.807) is 0 Å². The van der Waals surface area contributed by atoms with Gasteiger partial charge in [-0.15, -0.1) is 0 Å². The number of imidazole rings is 1. The Bertz CT molecular complexity index is 842. The van der Waals surface area contributed by atoms with Crippen molar-refractivity contribution in [2.45, 2.75) is 87.9 Å². The van der Waals surface area contributed by atoms with Gasteiger partial charge in [0.2, 0.25) is 5.60 Å². The highest BCUT2D eigenvalue weighted by Crippen LogP contribution is 2.37. The predicted octanol–water partition coefficient (Wildman–Crippen LogP) is 1.02. The lowest BCUT2D eigenvalue weighted by Crippen LogP contribution is -2.72. The van der Waals surface area contributed by atoms with E-state index >= 15 is 0 Å². The zero-order chi connectivity index (χ0) is 26.0. The second kappa shape index (κ2) is 13.1. The number of aliphatic hydroxyl groups is 2. The van der Waals surface area contributed by atoms with E-state index in [9.17, 15) is 29.8 Å². The summed E-state index contributed by atoms with van der Waals surface area (Å²) in [5, 5.41) is 34.4. The highest BCUT2D eigenvalue weighted by Gasteiger charge is 2.59. The zero-order valence-corrected chi connectivity index (χ0v) is 20.7. The Morgan fingerprint density at radius 2 is 1.89 bits per heavy atom. The maximum Gasteiger partial charge on any atom is 0.407 e. The van der Waals surface area contributed by atoms with Gasteiger partial charge in [-0.1, -0.05) is 44.9 Å². The summed E-state index contributed by atoms with van der Waals surface area (Å²) in [5.74, 6) is -0.993. The molecule has 1 heterocycles. The van der Waals surface area contributed by atoms with E-state index in [-0.39, 0.29) is 31.5 Å². The average molecular weight is 510 g/mol. The van der Waals surface area contributed by atoms with Crippen LogP contribution in [0.25, 0.3) is 0 Å². The van der Waals surface area contributed by atoms with Crippen LogP contribution in [0.1, 0.15) is 69.9 Å². The molecular formula is C24H39N5O7. The minimum atomic E-state index is -2.65.